The fraction of sp³-hybridized carbons (Fsp3) is 0.533. The quantitative estimate of drug-likeness (QED) is 0.785. The van der Waals surface area contributed by atoms with Gasteiger partial charge in [0.15, 0.2) is 0 Å². The molecule has 2 heteroatoms. The Balaban J connectivity index is 2.91. The Morgan fingerprint density at radius 1 is 1.24 bits per heavy atom. The van der Waals surface area contributed by atoms with E-state index >= 15 is 0 Å². The van der Waals surface area contributed by atoms with Gasteiger partial charge in [-0.25, -0.2) is 0 Å². The van der Waals surface area contributed by atoms with Crippen molar-refractivity contribution in [2.75, 3.05) is 13.2 Å². The Hall–Kier alpha value is -1.02. The molecular weight excluding hydrogens is 212 g/mol. The van der Waals surface area contributed by atoms with E-state index in [0.717, 1.165) is 23.7 Å². The molecule has 0 spiro atoms. The molecule has 0 heterocycles. The summed E-state index contributed by atoms with van der Waals surface area (Å²) in [5.41, 5.74) is 2.38. The third-order valence-electron chi connectivity index (χ3n) is 2.83. The molecule has 0 aliphatic carbocycles. The molecule has 0 aliphatic heterocycles. The van der Waals surface area contributed by atoms with Crippen LogP contribution in [0.5, 0.6) is 5.75 Å². The predicted octanol–water partition coefficient (Wildman–Crippen LogP) is 3.36. The second-order valence-electron chi connectivity index (χ2n) is 4.34. The SMILES string of the molecule is CCCCc1cc(OCC)cc([C](C)CO)c1. The van der Waals surface area contributed by atoms with Crippen LogP contribution < -0.4 is 4.74 Å². The van der Waals surface area contributed by atoms with Crippen molar-refractivity contribution in [1.29, 1.82) is 0 Å². The standard InChI is InChI=1S/C15H23O2/c1-4-6-7-13-8-14(12(3)11-16)10-15(9-13)17-5-2/h8-10,16H,4-7,11H2,1-3H3. The van der Waals surface area contributed by atoms with Gasteiger partial charge in [-0.05, 0) is 43.0 Å². The zero-order chi connectivity index (χ0) is 12.7. The Morgan fingerprint density at radius 3 is 2.59 bits per heavy atom. The summed E-state index contributed by atoms with van der Waals surface area (Å²) in [5, 5.41) is 9.20. The van der Waals surface area contributed by atoms with Gasteiger partial charge >= 0.3 is 0 Å². The highest BCUT2D eigenvalue weighted by atomic mass is 16.5. The lowest BCUT2D eigenvalue weighted by Crippen LogP contribution is -2.03. The van der Waals surface area contributed by atoms with Crippen molar-refractivity contribution in [3.8, 4) is 5.75 Å². The summed E-state index contributed by atoms with van der Waals surface area (Å²) in [6.45, 7) is 6.91. The van der Waals surface area contributed by atoms with E-state index in [0.29, 0.717) is 6.61 Å². The Labute approximate surface area is 105 Å². The molecule has 1 radical (unpaired) electrons. The molecule has 0 saturated heterocycles. The fourth-order valence-corrected chi connectivity index (χ4v) is 1.77. The molecule has 0 aromatic heterocycles. The second-order valence-corrected chi connectivity index (χ2v) is 4.34. The van der Waals surface area contributed by atoms with E-state index in [9.17, 15) is 5.11 Å². The number of rotatable bonds is 7. The van der Waals surface area contributed by atoms with Crippen molar-refractivity contribution in [3.05, 3.63) is 35.2 Å². The number of hydrogen-bond acceptors (Lipinski definition) is 2. The molecule has 0 unspecified atom stereocenters. The van der Waals surface area contributed by atoms with Crippen molar-refractivity contribution in [1.82, 2.24) is 0 Å². The average Bonchev–Trinajstić information content (AvgIpc) is 2.35. The van der Waals surface area contributed by atoms with E-state index < -0.39 is 0 Å². The van der Waals surface area contributed by atoms with Crippen LogP contribution in [-0.2, 0) is 6.42 Å². The van der Waals surface area contributed by atoms with Crippen molar-refractivity contribution in [2.45, 2.75) is 40.0 Å². The van der Waals surface area contributed by atoms with E-state index in [1.807, 2.05) is 19.9 Å². The van der Waals surface area contributed by atoms with Crippen LogP contribution in [0, 0.1) is 5.92 Å². The van der Waals surface area contributed by atoms with Crippen molar-refractivity contribution >= 4 is 0 Å². The van der Waals surface area contributed by atoms with Gasteiger partial charge in [0.2, 0.25) is 0 Å². The number of aryl methyl sites for hydroxylation is 1. The fourth-order valence-electron chi connectivity index (χ4n) is 1.77. The van der Waals surface area contributed by atoms with E-state index in [1.165, 1.54) is 18.4 Å². The van der Waals surface area contributed by atoms with Gasteiger partial charge < -0.3 is 9.84 Å². The van der Waals surface area contributed by atoms with Gasteiger partial charge in [0.25, 0.3) is 0 Å². The van der Waals surface area contributed by atoms with E-state index in [1.54, 1.807) is 0 Å². The van der Waals surface area contributed by atoms with Crippen molar-refractivity contribution < 1.29 is 9.84 Å². The third-order valence-corrected chi connectivity index (χ3v) is 2.83. The molecule has 1 aromatic carbocycles. The summed E-state index contributed by atoms with van der Waals surface area (Å²) in [6, 6.07) is 6.27. The van der Waals surface area contributed by atoms with Crippen LogP contribution in [-0.4, -0.2) is 18.3 Å². The van der Waals surface area contributed by atoms with E-state index in [4.69, 9.17) is 4.74 Å². The van der Waals surface area contributed by atoms with Gasteiger partial charge in [-0.15, -0.1) is 0 Å². The molecule has 0 bridgehead atoms. The summed E-state index contributed by atoms with van der Waals surface area (Å²) in [5.74, 6) is 1.90. The third kappa shape index (κ3) is 4.39. The lowest BCUT2D eigenvalue weighted by Gasteiger charge is -2.13. The minimum absolute atomic E-state index is 0.1000. The number of ether oxygens (including phenoxy) is 1. The van der Waals surface area contributed by atoms with E-state index in [2.05, 4.69) is 19.1 Å². The largest absolute Gasteiger partial charge is 0.494 e. The normalized spacial score (nSPS) is 10.9. The van der Waals surface area contributed by atoms with Crippen LogP contribution in [0.4, 0.5) is 0 Å². The Morgan fingerprint density at radius 2 is 2.00 bits per heavy atom. The first-order chi connectivity index (χ1) is 8.21. The molecule has 0 amide bonds. The number of benzene rings is 1. The van der Waals surface area contributed by atoms with Crippen molar-refractivity contribution in [2.24, 2.45) is 0 Å². The van der Waals surface area contributed by atoms with Gasteiger partial charge in [-0.2, -0.15) is 0 Å². The molecule has 0 atom stereocenters. The highest BCUT2D eigenvalue weighted by molar-refractivity contribution is 5.41. The average molecular weight is 235 g/mol. The van der Waals surface area contributed by atoms with Crippen LogP contribution in [0.15, 0.2) is 18.2 Å². The van der Waals surface area contributed by atoms with Gasteiger partial charge in [-0.3, -0.25) is 0 Å². The summed E-state index contributed by atoms with van der Waals surface area (Å²) >= 11 is 0. The summed E-state index contributed by atoms with van der Waals surface area (Å²) in [6.07, 6.45) is 3.45. The van der Waals surface area contributed by atoms with Gasteiger partial charge in [0, 0.05) is 5.92 Å². The lowest BCUT2D eigenvalue weighted by atomic mass is 9.97. The van der Waals surface area contributed by atoms with Gasteiger partial charge in [0.1, 0.15) is 5.75 Å². The summed E-state index contributed by atoms with van der Waals surface area (Å²) in [4.78, 5) is 0. The predicted molar refractivity (Wildman–Crippen MR) is 71.3 cm³/mol. The van der Waals surface area contributed by atoms with Crippen molar-refractivity contribution in [3.63, 3.8) is 0 Å². The second kappa shape index (κ2) is 7.33. The van der Waals surface area contributed by atoms with Crippen LogP contribution in [0.25, 0.3) is 0 Å². The molecule has 95 valence electrons. The first kappa shape index (κ1) is 14.0. The minimum atomic E-state index is 0.1000. The number of aliphatic hydroxyl groups is 1. The highest BCUT2D eigenvalue weighted by Crippen LogP contribution is 2.23. The maximum Gasteiger partial charge on any atom is 0.119 e. The van der Waals surface area contributed by atoms with Crippen LogP contribution in [0.3, 0.4) is 0 Å². The molecule has 17 heavy (non-hydrogen) atoms. The summed E-state index contributed by atoms with van der Waals surface area (Å²) in [7, 11) is 0. The maximum atomic E-state index is 9.20. The molecule has 1 aromatic rings. The summed E-state index contributed by atoms with van der Waals surface area (Å²) < 4.78 is 5.57. The van der Waals surface area contributed by atoms with Crippen LogP contribution in [0.2, 0.25) is 0 Å². The smallest absolute Gasteiger partial charge is 0.119 e. The zero-order valence-electron chi connectivity index (χ0n) is 11.1. The van der Waals surface area contributed by atoms with E-state index in [-0.39, 0.29) is 6.61 Å². The molecule has 1 rings (SSSR count). The number of aliphatic hydroxyl groups excluding tert-OH is 1. The molecule has 0 saturated carbocycles. The monoisotopic (exact) mass is 235 g/mol. The Bertz CT molecular complexity index is 334. The number of unbranched alkanes of at least 4 members (excludes halogenated alkanes) is 1. The maximum absolute atomic E-state index is 9.20. The molecular formula is C15H23O2. The van der Waals surface area contributed by atoms with Gasteiger partial charge in [-0.1, -0.05) is 26.3 Å². The molecule has 1 N–H and O–H groups in total. The molecule has 0 fully saturated rings. The minimum Gasteiger partial charge on any atom is -0.494 e. The first-order valence-corrected chi connectivity index (χ1v) is 6.41. The molecule has 2 nitrogen and oxygen atoms in total. The van der Waals surface area contributed by atoms with Gasteiger partial charge in [0.05, 0.1) is 13.2 Å². The first-order valence-electron chi connectivity index (χ1n) is 6.41. The molecule has 0 aliphatic rings. The lowest BCUT2D eigenvalue weighted by molar-refractivity contribution is 0.314. The topological polar surface area (TPSA) is 29.5 Å². The van der Waals surface area contributed by atoms with Crippen LogP contribution in [0.1, 0.15) is 44.7 Å². The van der Waals surface area contributed by atoms with Crippen LogP contribution >= 0.6 is 0 Å². The zero-order valence-corrected chi connectivity index (χ0v) is 11.1. The highest BCUT2D eigenvalue weighted by Gasteiger charge is 2.08. The Kier molecular flexibility index (Phi) is 6.06. The number of hydrogen-bond donors (Lipinski definition) is 1.